The lowest BCUT2D eigenvalue weighted by molar-refractivity contribution is -0.131. The lowest BCUT2D eigenvalue weighted by Crippen LogP contribution is -2.38. The number of aromatic nitrogens is 2. The fourth-order valence-electron chi connectivity index (χ4n) is 3.35. The van der Waals surface area contributed by atoms with E-state index in [4.69, 9.17) is 16.7 Å². The van der Waals surface area contributed by atoms with E-state index >= 15 is 0 Å². The van der Waals surface area contributed by atoms with Crippen LogP contribution in [-0.2, 0) is 5.92 Å². The van der Waals surface area contributed by atoms with E-state index in [1.54, 1.807) is 6.08 Å². The third kappa shape index (κ3) is 4.81. The van der Waals surface area contributed by atoms with Crippen LogP contribution in [0.1, 0.15) is 17.7 Å². The molecule has 0 saturated carbocycles. The van der Waals surface area contributed by atoms with E-state index in [1.807, 2.05) is 0 Å². The lowest BCUT2D eigenvalue weighted by atomic mass is 10.0. The average molecular weight is 499 g/mol. The minimum absolute atomic E-state index is 0.0248. The maximum atomic E-state index is 14.1. The highest BCUT2D eigenvalue weighted by Gasteiger charge is 2.41. The number of urea groups is 1. The number of nitrogens with zero attached hydrogens (tertiary/aromatic N) is 3. The van der Waals surface area contributed by atoms with Crippen molar-refractivity contribution in [2.45, 2.75) is 18.4 Å². The number of aliphatic hydroxyl groups is 2. The molecule has 4 rings (SSSR count). The molecule has 0 saturated heterocycles. The molecule has 0 aliphatic carbocycles. The first-order valence-corrected chi connectivity index (χ1v) is 11.0. The quantitative estimate of drug-likeness (QED) is 0.488. The van der Waals surface area contributed by atoms with Crippen LogP contribution in [0.2, 0.25) is 5.02 Å². The van der Waals surface area contributed by atoms with E-state index in [0.29, 0.717) is 39.6 Å². The van der Waals surface area contributed by atoms with Gasteiger partial charge in [0.15, 0.2) is 5.13 Å². The van der Waals surface area contributed by atoms with Crippen LogP contribution >= 0.6 is 22.9 Å². The van der Waals surface area contributed by atoms with Gasteiger partial charge in [-0.3, -0.25) is 10.3 Å². The van der Waals surface area contributed by atoms with Crippen molar-refractivity contribution in [3.63, 3.8) is 0 Å². The van der Waals surface area contributed by atoms with Crippen LogP contribution in [0, 0.1) is 5.82 Å². The number of carbonyl (C=O) groups is 1. The number of amides is 2. The van der Waals surface area contributed by atoms with Gasteiger partial charge in [0.1, 0.15) is 11.9 Å². The van der Waals surface area contributed by atoms with Crippen LogP contribution < -0.4 is 5.32 Å². The van der Waals surface area contributed by atoms with Gasteiger partial charge in [0.25, 0.3) is 0 Å². The van der Waals surface area contributed by atoms with E-state index in [-0.39, 0.29) is 23.4 Å². The molecule has 0 bridgehead atoms. The summed E-state index contributed by atoms with van der Waals surface area (Å²) in [6.07, 6.45) is 0.762. The molecular weight excluding hydrogens is 481 g/mol. The van der Waals surface area contributed by atoms with Crippen LogP contribution in [0.25, 0.3) is 15.8 Å². The monoisotopic (exact) mass is 498 g/mol. The standard InChI is InChI=1S/C21H18ClF3N4O3S/c22-14-7-12(21(24,25)17(31)10-30)9-26-18(14)11-3-5-29(6-4-11)20(32)28-19-27-15-2-1-13(23)8-16(15)33-19/h1-3,7-9,17,30-31H,4-6,10H2,(H,27,28,32). The van der Waals surface area contributed by atoms with Gasteiger partial charge in [-0.25, -0.2) is 14.2 Å². The van der Waals surface area contributed by atoms with Crippen LogP contribution in [0.4, 0.5) is 23.1 Å². The van der Waals surface area contributed by atoms with Crippen molar-refractivity contribution in [3.8, 4) is 0 Å². The molecule has 7 nitrogen and oxygen atoms in total. The largest absolute Gasteiger partial charge is 0.393 e. The van der Waals surface area contributed by atoms with E-state index in [0.717, 1.165) is 23.6 Å². The number of halogens is 4. The smallest absolute Gasteiger partial charge is 0.323 e. The molecule has 2 amide bonds. The molecule has 3 N–H and O–H groups in total. The zero-order valence-electron chi connectivity index (χ0n) is 16.9. The van der Waals surface area contributed by atoms with Crippen LogP contribution in [-0.4, -0.2) is 56.9 Å². The zero-order valence-corrected chi connectivity index (χ0v) is 18.5. The Balaban J connectivity index is 1.44. The second-order valence-electron chi connectivity index (χ2n) is 7.36. The number of hydrogen-bond donors (Lipinski definition) is 3. The second-order valence-corrected chi connectivity index (χ2v) is 8.80. The van der Waals surface area contributed by atoms with Crippen LogP contribution in [0.5, 0.6) is 0 Å². The summed E-state index contributed by atoms with van der Waals surface area (Å²) in [4.78, 5) is 22.4. The molecule has 1 aromatic carbocycles. The first-order valence-electron chi connectivity index (χ1n) is 9.83. The Labute approximate surface area is 195 Å². The number of carbonyl (C=O) groups excluding carboxylic acids is 1. The summed E-state index contributed by atoms with van der Waals surface area (Å²) < 4.78 is 42.2. The molecule has 174 valence electrons. The highest BCUT2D eigenvalue weighted by Crippen LogP contribution is 2.35. The van der Waals surface area contributed by atoms with Crippen molar-refractivity contribution in [3.05, 3.63) is 58.6 Å². The number of hydrogen-bond acceptors (Lipinski definition) is 6. The number of nitrogens with one attached hydrogen (secondary N) is 1. The predicted molar refractivity (Wildman–Crippen MR) is 119 cm³/mol. The molecule has 1 atom stereocenters. The average Bonchev–Trinajstić information content (AvgIpc) is 3.19. The molecule has 1 aliphatic rings. The van der Waals surface area contributed by atoms with E-state index < -0.39 is 24.2 Å². The third-order valence-electron chi connectivity index (χ3n) is 5.18. The van der Waals surface area contributed by atoms with Gasteiger partial charge >= 0.3 is 12.0 Å². The van der Waals surface area contributed by atoms with Gasteiger partial charge in [-0.2, -0.15) is 8.78 Å². The van der Waals surface area contributed by atoms with Gasteiger partial charge in [-0.05, 0) is 36.3 Å². The highest BCUT2D eigenvalue weighted by molar-refractivity contribution is 7.22. The van der Waals surface area contributed by atoms with Gasteiger partial charge in [-0.1, -0.05) is 29.0 Å². The molecule has 2 aromatic heterocycles. The molecule has 12 heteroatoms. The SMILES string of the molecule is O=C(Nc1nc2ccc(F)cc2s1)N1CC=C(c2ncc(C(F)(F)C(O)CO)cc2Cl)CC1. The number of fused-ring (bicyclic) bond motifs is 1. The first kappa shape index (κ1) is 23.4. The topological polar surface area (TPSA) is 98.6 Å². The van der Waals surface area contributed by atoms with E-state index in [9.17, 15) is 23.1 Å². The maximum absolute atomic E-state index is 14.1. The molecule has 1 aliphatic heterocycles. The molecule has 0 spiro atoms. The fourth-order valence-corrected chi connectivity index (χ4v) is 4.52. The van der Waals surface area contributed by atoms with Crippen molar-refractivity contribution in [1.82, 2.24) is 14.9 Å². The Kier molecular flexibility index (Phi) is 6.57. The Morgan fingerprint density at radius 1 is 1.36 bits per heavy atom. The Hall–Kier alpha value is -2.73. The fraction of sp³-hybridized carbons (Fsp3) is 0.286. The van der Waals surface area contributed by atoms with Crippen molar-refractivity contribution in [1.29, 1.82) is 0 Å². The summed E-state index contributed by atoms with van der Waals surface area (Å²) in [5, 5.41) is 21.2. The lowest BCUT2D eigenvalue weighted by Gasteiger charge is -2.26. The number of rotatable bonds is 5. The van der Waals surface area contributed by atoms with Gasteiger partial charge < -0.3 is 15.1 Å². The van der Waals surface area contributed by atoms with E-state index in [1.165, 1.54) is 23.1 Å². The normalized spacial score (nSPS) is 15.5. The summed E-state index contributed by atoms with van der Waals surface area (Å²) >= 11 is 7.33. The molecule has 1 unspecified atom stereocenters. The summed E-state index contributed by atoms with van der Waals surface area (Å²) in [5.41, 5.74) is 0.977. The molecule has 3 heterocycles. The molecular formula is C21H18ClF3N4O3S. The van der Waals surface area contributed by atoms with Gasteiger partial charge in [0.05, 0.1) is 27.5 Å². The van der Waals surface area contributed by atoms with Gasteiger partial charge in [0, 0.05) is 24.8 Å². The minimum atomic E-state index is -3.70. The molecule has 0 radical (unpaired) electrons. The number of alkyl halides is 2. The van der Waals surface area contributed by atoms with Crippen molar-refractivity contribution < 1.29 is 28.2 Å². The predicted octanol–water partition coefficient (Wildman–Crippen LogP) is 4.25. The summed E-state index contributed by atoms with van der Waals surface area (Å²) in [6.45, 7) is -0.542. The maximum Gasteiger partial charge on any atom is 0.323 e. The van der Waals surface area contributed by atoms with Gasteiger partial charge in [-0.15, -0.1) is 0 Å². The number of pyridine rings is 1. The van der Waals surface area contributed by atoms with Crippen molar-refractivity contribution in [2.75, 3.05) is 25.0 Å². The Morgan fingerprint density at radius 2 is 2.15 bits per heavy atom. The molecule has 0 fully saturated rings. The Bertz CT molecular complexity index is 1240. The Morgan fingerprint density at radius 3 is 2.82 bits per heavy atom. The number of anilines is 1. The highest BCUT2D eigenvalue weighted by atomic mass is 35.5. The van der Waals surface area contributed by atoms with Crippen LogP contribution in [0.3, 0.4) is 0 Å². The summed E-state index contributed by atoms with van der Waals surface area (Å²) in [6, 6.07) is 4.82. The molecule has 3 aromatic rings. The number of aliphatic hydroxyl groups excluding tert-OH is 2. The minimum Gasteiger partial charge on any atom is -0.393 e. The van der Waals surface area contributed by atoms with Crippen molar-refractivity contribution >= 4 is 49.9 Å². The first-order chi connectivity index (χ1) is 15.7. The third-order valence-corrected chi connectivity index (χ3v) is 6.40. The van der Waals surface area contributed by atoms with E-state index in [2.05, 4.69) is 15.3 Å². The number of thiazole rings is 1. The molecule has 33 heavy (non-hydrogen) atoms. The second kappa shape index (κ2) is 9.26. The number of benzene rings is 1. The van der Waals surface area contributed by atoms with Crippen molar-refractivity contribution in [2.24, 2.45) is 0 Å². The van der Waals surface area contributed by atoms with Crippen LogP contribution in [0.15, 0.2) is 36.5 Å². The summed E-state index contributed by atoms with van der Waals surface area (Å²) in [5.74, 6) is -4.09. The van der Waals surface area contributed by atoms with Gasteiger partial charge in [0.2, 0.25) is 0 Å². The zero-order chi connectivity index (χ0) is 23.8. The summed E-state index contributed by atoms with van der Waals surface area (Å²) in [7, 11) is 0.